The average Bonchev–Trinajstić information content (AvgIpc) is 2.72. The molecule has 0 aliphatic heterocycles. The zero-order valence-corrected chi connectivity index (χ0v) is 9.26. The van der Waals surface area contributed by atoms with Crippen LogP contribution < -0.4 is 0 Å². The minimum Gasteiger partial charge on any atom is -0.217 e. The van der Waals surface area contributed by atoms with Crippen molar-refractivity contribution >= 4 is 5.52 Å². The van der Waals surface area contributed by atoms with Crippen molar-refractivity contribution < 1.29 is 4.39 Å². The van der Waals surface area contributed by atoms with Gasteiger partial charge in [0.15, 0.2) is 0 Å². The Bertz CT molecular complexity index is 688. The van der Waals surface area contributed by atoms with E-state index in [1.807, 2.05) is 31.2 Å². The molecule has 0 fully saturated rings. The van der Waals surface area contributed by atoms with Gasteiger partial charge in [0.2, 0.25) is 0 Å². The zero-order chi connectivity index (χ0) is 11.8. The Morgan fingerprint density at radius 3 is 2.76 bits per heavy atom. The fraction of sp³-hybridized carbons (Fsp3) is 0.0769. The summed E-state index contributed by atoms with van der Waals surface area (Å²) < 4.78 is 14.5. The summed E-state index contributed by atoms with van der Waals surface area (Å²) in [6, 6.07) is 11.0. The van der Waals surface area contributed by atoms with Gasteiger partial charge >= 0.3 is 0 Å². The van der Waals surface area contributed by atoms with Gasteiger partial charge < -0.3 is 0 Å². The normalized spacial score (nSPS) is 10.9. The lowest BCUT2D eigenvalue weighted by molar-refractivity contribution is 0.612. The zero-order valence-electron chi connectivity index (χ0n) is 9.26. The molecule has 0 saturated heterocycles. The van der Waals surface area contributed by atoms with Gasteiger partial charge in [-0.2, -0.15) is 0 Å². The van der Waals surface area contributed by atoms with E-state index in [1.54, 1.807) is 6.07 Å². The number of aryl methyl sites for hydroxylation is 1. The van der Waals surface area contributed by atoms with Crippen molar-refractivity contribution in [3.05, 3.63) is 54.0 Å². The predicted octanol–water partition coefficient (Wildman–Crippen LogP) is 2.84. The molecule has 84 valence electrons. The predicted molar refractivity (Wildman–Crippen MR) is 63.1 cm³/mol. The van der Waals surface area contributed by atoms with E-state index in [0.717, 1.165) is 22.3 Å². The second kappa shape index (κ2) is 3.66. The summed E-state index contributed by atoms with van der Waals surface area (Å²) >= 11 is 0. The third-order valence-corrected chi connectivity index (χ3v) is 2.78. The monoisotopic (exact) mass is 227 g/mol. The molecule has 3 nitrogen and oxygen atoms in total. The minimum atomic E-state index is -0.321. The number of hydrogen-bond donors (Lipinski definition) is 0. The molecule has 2 heterocycles. The standard InChI is InChI=1S/C13H10FN3/c1-9-4-2-3-5-11(9)13-12-7-6-10(14)8-17(12)16-15-13/h2-8H,1H3. The molecular weight excluding hydrogens is 217 g/mol. The molecule has 0 aliphatic rings. The average molecular weight is 227 g/mol. The number of nitrogens with zero attached hydrogens (tertiary/aromatic N) is 3. The number of rotatable bonds is 1. The van der Waals surface area contributed by atoms with E-state index < -0.39 is 0 Å². The quantitative estimate of drug-likeness (QED) is 0.640. The van der Waals surface area contributed by atoms with E-state index in [4.69, 9.17) is 0 Å². The third-order valence-electron chi connectivity index (χ3n) is 2.78. The van der Waals surface area contributed by atoms with Crippen LogP contribution in [-0.4, -0.2) is 14.8 Å². The maximum Gasteiger partial charge on any atom is 0.141 e. The smallest absolute Gasteiger partial charge is 0.141 e. The molecule has 0 amide bonds. The molecule has 0 N–H and O–H groups in total. The second-order valence-corrected chi connectivity index (χ2v) is 3.93. The first-order valence-electron chi connectivity index (χ1n) is 5.32. The first-order valence-corrected chi connectivity index (χ1v) is 5.32. The molecule has 0 unspecified atom stereocenters. The molecule has 0 aliphatic carbocycles. The van der Waals surface area contributed by atoms with Gasteiger partial charge in [-0.15, -0.1) is 5.10 Å². The van der Waals surface area contributed by atoms with Gasteiger partial charge in [0.1, 0.15) is 11.5 Å². The van der Waals surface area contributed by atoms with Crippen LogP contribution in [-0.2, 0) is 0 Å². The Balaban J connectivity index is 2.29. The van der Waals surface area contributed by atoms with Crippen LogP contribution in [0, 0.1) is 12.7 Å². The fourth-order valence-corrected chi connectivity index (χ4v) is 1.90. The van der Waals surface area contributed by atoms with E-state index in [2.05, 4.69) is 10.3 Å². The molecule has 2 aromatic heterocycles. The molecular formula is C13H10FN3. The van der Waals surface area contributed by atoms with Crippen LogP contribution in [0.25, 0.3) is 16.8 Å². The number of benzene rings is 1. The number of halogens is 1. The van der Waals surface area contributed by atoms with Gasteiger partial charge in [-0.25, -0.2) is 8.91 Å². The number of hydrogen-bond acceptors (Lipinski definition) is 2. The van der Waals surface area contributed by atoms with Gasteiger partial charge in [-0.05, 0) is 24.6 Å². The summed E-state index contributed by atoms with van der Waals surface area (Å²) in [4.78, 5) is 0. The Kier molecular flexibility index (Phi) is 2.14. The van der Waals surface area contributed by atoms with E-state index in [1.165, 1.54) is 16.8 Å². The molecule has 0 spiro atoms. The summed E-state index contributed by atoms with van der Waals surface area (Å²) in [5.41, 5.74) is 3.73. The van der Waals surface area contributed by atoms with E-state index >= 15 is 0 Å². The van der Waals surface area contributed by atoms with Crippen LogP contribution in [0.2, 0.25) is 0 Å². The van der Waals surface area contributed by atoms with Crippen molar-refractivity contribution in [2.45, 2.75) is 6.92 Å². The highest BCUT2D eigenvalue weighted by Crippen LogP contribution is 2.25. The van der Waals surface area contributed by atoms with E-state index in [9.17, 15) is 4.39 Å². The van der Waals surface area contributed by atoms with Crippen molar-refractivity contribution in [2.24, 2.45) is 0 Å². The highest BCUT2D eigenvalue weighted by Gasteiger charge is 2.10. The first-order chi connectivity index (χ1) is 8.25. The maximum absolute atomic E-state index is 13.0. The highest BCUT2D eigenvalue weighted by molar-refractivity contribution is 5.78. The molecule has 3 aromatic rings. The lowest BCUT2D eigenvalue weighted by Crippen LogP contribution is -1.88. The highest BCUT2D eigenvalue weighted by atomic mass is 19.1. The number of fused-ring (bicyclic) bond motifs is 1. The minimum absolute atomic E-state index is 0.321. The molecule has 17 heavy (non-hydrogen) atoms. The SMILES string of the molecule is Cc1ccccc1-c1nnn2cc(F)ccc12. The molecule has 0 atom stereocenters. The summed E-state index contributed by atoms with van der Waals surface area (Å²) in [6.07, 6.45) is 1.32. The molecule has 0 bridgehead atoms. The molecule has 1 aromatic carbocycles. The van der Waals surface area contributed by atoms with Crippen LogP contribution >= 0.6 is 0 Å². The largest absolute Gasteiger partial charge is 0.217 e. The first kappa shape index (κ1) is 9.96. The van der Waals surface area contributed by atoms with Crippen LogP contribution in [0.4, 0.5) is 4.39 Å². The summed E-state index contributed by atoms with van der Waals surface area (Å²) in [5.74, 6) is -0.321. The lowest BCUT2D eigenvalue weighted by Gasteiger charge is -2.01. The van der Waals surface area contributed by atoms with Gasteiger partial charge in [-0.1, -0.05) is 29.5 Å². The van der Waals surface area contributed by atoms with Gasteiger partial charge in [0, 0.05) is 5.56 Å². The molecule has 3 rings (SSSR count). The molecule has 4 heteroatoms. The van der Waals surface area contributed by atoms with Gasteiger partial charge in [-0.3, -0.25) is 0 Å². The Hall–Kier alpha value is -2.23. The van der Waals surface area contributed by atoms with Crippen LogP contribution in [0.1, 0.15) is 5.56 Å². The van der Waals surface area contributed by atoms with E-state index in [-0.39, 0.29) is 5.82 Å². The van der Waals surface area contributed by atoms with Crippen LogP contribution in [0.15, 0.2) is 42.6 Å². The van der Waals surface area contributed by atoms with Crippen LogP contribution in [0.3, 0.4) is 0 Å². The van der Waals surface area contributed by atoms with E-state index in [0.29, 0.717) is 0 Å². The Morgan fingerprint density at radius 1 is 1.12 bits per heavy atom. The summed E-state index contributed by atoms with van der Waals surface area (Å²) in [5, 5.41) is 8.04. The topological polar surface area (TPSA) is 30.2 Å². The van der Waals surface area contributed by atoms with Crippen molar-refractivity contribution in [3.8, 4) is 11.3 Å². The van der Waals surface area contributed by atoms with Crippen molar-refractivity contribution in [1.82, 2.24) is 14.8 Å². The molecule has 0 radical (unpaired) electrons. The Morgan fingerprint density at radius 2 is 1.94 bits per heavy atom. The van der Waals surface area contributed by atoms with Crippen LogP contribution in [0.5, 0.6) is 0 Å². The number of aromatic nitrogens is 3. The Labute approximate surface area is 97.5 Å². The van der Waals surface area contributed by atoms with Crippen molar-refractivity contribution in [3.63, 3.8) is 0 Å². The second-order valence-electron chi connectivity index (χ2n) is 3.93. The van der Waals surface area contributed by atoms with Crippen molar-refractivity contribution in [2.75, 3.05) is 0 Å². The molecule has 0 saturated carbocycles. The van der Waals surface area contributed by atoms with Gasteiger partial charge in [0.25, 0.3) is 0 Å². The fourth-order valence-electron chi connectivity index (χ4n) is 1.90. The summed E-state index contributed by atoms with van der Waals surface area (Å²) in [6.45, 7) is 2.02. The van der Waals surface area contributed by atoms with Gasteiger partial charge in [0.05, 0.1) is 11.7 Å². The lowest BCUT2D eigenvalue weighted by atomic mass is 10.1. The summed E-state index contributed by atoms with van der Waals surface area (Å²) in [7, 11) is 0. The maximum atomic E-state index is 13.0. The third kappa shape index (κ3) is 1.58. The van der Waals surface area contributed by atoms with Crippen molar-refractivity contribution in [1.29, 1.82) is 0 Å². The number of pyridine rings is 1.